The number of H-pyrrole nitrogens is 1. The van der Waals surface area contributed by atoms with E-state index in [1.807, 2.05) is 12.1 Å². The van der Waals surface area contributed by atoms with Gasteiger partial charge in [-0.25, -0.2) is 10.7 Å². The molecule has 1 atom stereocenters. The van der Waals surface area contributed by atoms with Gasteiger partial charge >= 0.3 is 11.7 Å². The second kappa shape index (κ2) is 48.9. The van der Waals surface area contributed by atoms with Gasteiger partial charge in [-0.3, -0.25) is 28.7 Å². The molecule has 3 heterocycles. The highest BCUT2D eigenvalue weighted by Gasteiger charge is 2.23. The van der Waals surface area contributed by atoms with E-state index in [2.05, 4.69) is 59.7 Å². The van der Waals surface area contributed by atoms with Crippen molar-refractivity contribution < 1.29 is 80.8 Å². The summed E-state index contributed by atoms with van der Waals surface area (Å²) >= 11 is 0. The lowest BCUT2D eigenvalue weighted by Crippen LogP contribution is -2.47. The fraction of sp³-hybridized carbons (Fsp3) is 0.759. The number of hydrogen-bond acceptors (Lipinski definition) is 23. The van der Waals surface area contributed by atoms with Crippen LogP contribution in [0.25, 0.3) is 11.2 Å². The third-order valence-corrected chi connectivity index (χ3v) is 13.4. The molecule has 0 aliphatic carbocycles. The van der Waals surface area contributed by atoms with Crippen LogP contribution < -0.4 is 38.0 Å². The summed E-state index contributed by atoms with van der Waals surface area (Å²) in [7, 11) is 1.64. The second-order valence-corrected chi connectivity index (χ2v) is 20.2. The van der Waals surface area contributed by atoms with Gasteiger partial charge in [0, 0.05) is 33.2 Å². The molecule has 1 aromatic carbocycles. The second-order valence-electron chi connectivity index (χ2n) is 20.2. The van der Waals surface area contributed by atoms with Crippen molar-refractivity contribution in [3.8, 4) is 6.01 Å². The van der Waals surface area contributed by atoms with Crippen LogP contribution in [-0.4, -0.2) is 247 Å². The van der Waals surface area contributed by atoms with E-state index in [9.17, 15) is 19.2 Å². The number of nitrogens with zero attached hydrogens (tertiary/aromatic N) is 4. The lowest BCUT2D eigenvalue weighted by atomic mass is 9.93. The molecule has 2 aromatic heterocycles. The van der Waals surface area contributed by atoms with Gasteiger partial charge in [-0.1, -0.05) is 37.6 Å². The highest BCUT2D eigenvalue weighted by Crippen LogP contribution is 2.23. The van der Waals surface area contributed by atoms with Gasteiger partial charge in [0.1, 0.15) is 18.2 Å². The average Bonchev–Trinajstić information content (AvgIpc) is 4.07. The van der Waals surface area contributed by atoms with E-state index in [4.69, 9.17) is 73.2 Å². The van der Waals surface area contributed by atoms with Crippen molar-refractivity contribution in [1.29, 1.82) is 0 Å². The Kier molecular flexibility index (Phi) is 41.8. The van der Waals surface area contributed by atoms with Crippen LogP contribution in [0.3, 0.4) is 0 Å². The summed E-state index contributed by atoms with van der Waals surface area (Å²) in [4.78, 5) is 69.4. The largest absolute Gasteiger partial charge is 0.463 e. The molecule has 490 valence electrons. The van der Waals surface area contributed by atoms with Gasteiger partial charge in [-0.05, 0) is 75.1 Å². The van der Waals surface area contributed by atoms with Crippen LogP contribution in [0.4, 0.5) is 5.82 Å². The summed E-state index contributed by atoms with van der Waals surface area (Å²) in [5.74, 6) is 4.74. The number of benzene rings is 1. The molecule has 1 fully saturated rings. The van der Waals surface area contributed by atoms with Gasteiger partial charge in [-0.15, -0.1) is 0 Å². The van der Waals surface area contributed by atoms with Crippen LogP contribution in [0.15, 0.2) is 29.1 Å². The van der Waals surface area contributed by atoms with Gasteiger partial charge in [0.05, 0.1) is 165 Å². The number of aromatic nitrogens is 4. The number of carbonyl (C=O) groups is 3. The maximum Gasteiger partial charge on any atom is 0.328 e. The monoisotopic (exact) mass is 1220 g/mol. The van der Waals surface area contributed by atoms with E-state index in [0.29, 0.717) is 208 Å². The molecule has 3 aromatic rings. The van der Waals surface area contributed by atoms with Crippen LogP contribution >= 0.6 is 0 Å². The molecule has 1 saturated heterocycles. The number of aromatic amines is 1. The summed E-state index contributed by atoms with van der Waals surface area (Å²) in [6.45, 7) is 16.5. The predicted molar refractivity (Wildman–Crippen MR) is 319 cm³/mol. The molecule has 4 rings (SSSR count). The Labute approximate surface area is 506 Å². The standard InChI is InChI=1S/C58H100N10O18/c1-3-4-20-85-57-65-54(59)53-55(66-57)68(58(72)64-53)45-49-10-8-48(9-11-49)44-67-18-13-47(14-19-67)12-17-62-56(71)50(7-5-6-16-61-52(70)46-86-60)63-51(69)15-21-74-24-25-76-28-29-78-32-33-80-36-37-82-40-41-84-43-42-83-39-38-81-35-34-79-31-30-77-27-26-75-23-22-73-2/h8-11,47,50H,3-7,12-46,60H2,1-2H3,(H,61,70)(H,62,71)(H,63,69)(H,64,72)(H2,59,65,66)/t50-/m0/s1. The number of rotatable bonds is 56. The maximum absolute atomic E-state index is 13.5. The van der Waals surface area contributed by atoms with Crippen LogP contribution in [0.1, 0.15) is 75.8 Å². The van der Waals surface area contributed by atoms with Crippen molar-refractivity contribution in [3.63, 3.8) is 0 Å². The number of hydrogen-bond donors (Lipinski definition) is 6. The van der Waals surface area contributed by atoms with E-state index in [1.54, 1.807) is 11.7 Å². The number of imidazole rings is 1. The van der Waals surface area contributed by atoms with Crippen molar-refractivity contribution in [1.82, 2.24) is 40.4 Å². The van der Waals surface area contributed by atoms with Crippen molar-refractivity contribution in [2.24, 2.45) is 11.8 Å². The van der Waals surface area contributed by atoms with E-state index < -0.39 is 6.04 Å². The minimum absolute atomic E-state index is 0.0784. The summed E-state index contributed by atoms with van der Waals surface area (Å²) in [6.07, 6.45) is 6.31. The quantitative estimate of drug-likeness (QED) is 0.0345. The molecular formula is C58H100N10O18. The summed E-state index contributed by atoms with van der Waals surface area (Å²) in [5.41, 5.74) is 8.73. The fourth-order valence-corrected chi connectivity index (χ4v) is 8.67. The molecule has 0 radical (unpaired) electrons. The van der Waals surface area contributed by atoms with E-state index in [-0.39, 0.29) is 54.9 Å². The number of nitrogens with two attached hydrogens (primary N) is 2. The number of methoxy groups -OCH3 is 1. The number of nitrogen functional groups attached to an aromatic ring is 1. The minimum atomic E-state index is -0.737. The molecule has 0 spiro atoms. The lowest BCUT2D eigenvalue weighted by molar-refractivity contribution is -0.129. The molecule has 28 nitrogen and oxygen atoms in total. The van der Waals surface area contributed by atoms with E-state index in [0.717, 1.165) is 57.3 Å². The van der Waals surface area contributed by atoms with Gasteiger partial charge < -0.3 is 88.2 Å². The Hall–Kier alpha value is -5.02. The van der Waals surface area contributed by atoms with Crippen LogP contribution in [0.5, 0.6) is 6.01 Å². The zero-order valence-electron chi connectivity index (χ0n) is 51.0. The van der Waals surface area contributed by atoms with Crippen molar-refractivity contribution in [2.45, 2.75) is 83.8 Å². The number of fused-ring (bicyclic) bond motifs is 1. The Morgan fingerprint density at radius 3 is 1.59 bits per heavy atom. The molecule has 0 bridgehead atoms. The highest BCUT2D eigenvalue weighted by atomic mass is 16.6. The number of anilines is 1. The van der Waals surface area contributed by atoms with Gasteiger partial charge in [-0.2, -0.15) is 9.97 Å². The first kappa shape index (κ1) is 73.4. The van der Waals surface area contributed by atoms with Crippen LogP contribution in [-0.2, 0) is 89.2 Å². The zero-order valence-corrected chi connectivity index (χ0v) is 51.0. The fourth-order valence-electron chi connectivity index (χ4n) is 8.67. The molecule has 28 heteroatoms. The zero-order chi connectivity index (χ0) is 61.3. The SMILES string of the molecule is CCCCOc1nc(N)c2[nH]c(=O)n(Cc3ccc(CN4CCC(CCNC(=O)[C@H](CCCCNC(=O)CON)NC(=O)CCOCCOCCOCCOCCOCCOCCOCCOCCOCCOCCOCCOC)CC4)cc3)c2n1. The number of piperidine rings is 1. The smallest absolute Gasteiger partial charge is 0.328 e. The molecule has 0 saturated carbocycles. The van der Waals surface area contributed by atoms with Crippen molar-refractivity contribution in [3.05, 3.63) is 45.9 Å². The van der Waals surface area contributed by atoms with Crippen molar-refractivity contribution in [2.75, 3.05) is 204 Å². The molecule has 3 amide bonds. The molecule has 8 N–H and O–H groups in total. The summed E-state index contributed by atoms with van der Waals surface area (Å²) in [5, 5.41) is 8.67. The Morgan fingerprint density at radius 2 is 1.10 bits per heavy atom. The number of nitrogens with one attached hydrogen (secondary N) is 4. The molecular weight excluding hydrogens is 1120 g/mol. The first-order valence-electron chi connectivity index (χ1n) is 30.4. The Morgan fingerprint density at radius 1 is 0.616 bits per heavy atom. The van der Waals surface area contributed by atoms with Crippen LogP contribution in [0.2, 0.25) is 0 Å². The molecule has 1 aliphatic heterocycles. The first-order chi connectivity index (χ1) is 42.2. The Balaban J connectivity index is 0.963. The third-order valence-electron chi connectivity index (χ3n) is 13.4. The number of amides is 3. The normalized spacial score (nSPS) is 13.4. The van der Waals surface area contributed by atoms with Gasteiger partial charge in [0.2, 0.25) is 17.7 Å². The number of carbonyl (C=O) groups excluding carboxylic acids is 3. The predicted octanol–water partition coefficient (Wildman–Crippen LogP) is 1.53. The Bertz CT molecular complexity index is 2260. The van der Waals surface area contributed by atoms with Crippen LogP contribution in [0, 0.1) is 5.92 Å². The van der Waals surface area contributed by atoms with E-state index in [1.165, 1.54) is 5.56 Å². The number of likely N-dealkylation sites (tertiary alicyclic amines) is 1. The number of ether oxygens (including phenoxy) is 13. The molecule has 86 heavy (non-hydrogen) atoms. The average molecular weight is 1230 g/mol. The highest BCUT2D eigenvalue weighted by molar-refractivity contribution is 5.87. The topological polar surface area (TPSA) is 335 Å². The lowest BCUT2D eigenvalue weighted by Gasteiger charge is -2.32. The van der Waals surface area contributed by atoms with Crippen molar-refractivity contribution >= 4 is 34.7 Å². The molecule has 1 aliphatic rings. The van der Waals surface area contributed by atoms with E-state index >= 15 is 0 Å². The first-order valence-corrected chi connectivity index (χ1v) is 30.4. The summed E-state index contributed by atoms with van der Waals surface area (Å²) < 4.78 is 72.7. The minimum Gasteiger partial charge on any atom is -0.463 e. The molecule has 0 unspecified atom stereocenters. The number of unbranched alkanes of at least 4 members (excludes halogenated alkanes) is 2. The maximum atomic E-state index is 13.5. The van der Waals surface area contributed by atoms with Gasteiger partial charge in [0.25, 0.3) is 0 Å². The third kappa shape index (κ3) is 34.5. The summed E-state index contributed by atoms with van der Waals surface area (Å²) in [6, 6.07) is 7.65. The van der Waals surface area contributed by atoms with Gasteiger partial charge in [0.15, 0.2) is 11.5 Å².